The minimum absolute atomic E-state index is 0.903. The molecule has 0 radical (unpaired) electrons. The lowest BCUT2D eigenvalue weighted by atomic mass is 10.1. The van der Waals surface area contributed by atoms with Crippen LogP contribution in [0.3, 0.4) is 0 Å². The van der Waals surface area contributed by atoms with Gasteiger partial charge >= 0.3 is 0 Å². The lowest BCUT2D eigenvalue weighted by Crippen LogP contribution is -2.45. The summed E-state index contributed by atoms with van der Waals surface area (Å²) in [6.07, 6.45) is 4.41. The van der Waals surface area contributed by atoms with Crippen molar-refractivity contribution < 1.29 is 4.74 Å². The number of benzene rings is 1. The van der Waals surface area contributed by atoms with Crippen LogP contribution < -0.4 is 9.64 Å². The minimum Gasteiger partial charge on any atom is -0.496 e. The fraction of sp³-hybridized carbons (Fsp3) is 0.524. The molecule has 0 saturated carbocycles. The maximum atomic E-state index is 5.49. The molecule has 2 aromatic rings. The number of aromatic nitrogens is 2. The Bertz CT molecular complexity index is 739. The molecule has 2 aliphatic rings. The average molecular weight is 367 g/mol. The summed E-state index contributed by atoms with van der Waals surface area (Å²) in [6, 6.07) is 10.4. The third-order valence-electron chi connectivity index (χ3n) is 5.53. The first-order valence-corrected chi connectivity index (χ1v) is 9.95. The van der Waals surface area contributed by atoms with Crippen LogP contribution >= 0.6 is 0 Å². The number of nitrogens with zero attached hydrogens (tertiary/aromatic N) is 5. The molecule has 6 nitrogen and oxygen atoms in total. The summed E-state index contributed by atoms with van der Waals surface area (Å²) in [4.78, 5) is 16.6. The average Bonchev–Trinajstić information content (AvgIpc) is 3.25. The highest BCUT2D eigenvalue weighted by Gasteiger charge is 2.20. The molecule has 2 fully saturated rings. The van der Waals surface area contributed by atoms with E-state index in [4.69, 9.17) is 9.72 Å². The monoisotopic (exact) mass is 367 g/mol. The van der Waals surface area contributed by atoms with Gasteiger partial charge in [0.2, 0.25) is 5.95 Å². The predicted octanol–water partition coefficient (Wildman–Crippen LogP) is 2.40. The summed E-state index contributed by atoms with van der Waals surface area (Å²) in [7, 11) is 1.74. The number of para-hydroxylation sites is 1. The van der Waals surface area contributed by atoms with E-state index in [1.807, 2.05) is 18.3 Å². The Morgan fingerprint density at radius 1 is 0.889 bits per heavy atom. The fourth-order valence-electron chi connectivity index (χ4n) is 3.95. The largest absolute Gasteiger partial charge is 0.496 e. The lowest BCUT2D eigenvalue weighted by molar-refractivity contribution is 0.120. The van der Waals surface area contributed by atoms with Gasteiger partial charge in [-0.3, -0.25) is 9.80 Å². The molecule has 3 heterocycles. The van der Waals surface area contributed by atoms with Crippen molar-refractivity contribution in [3.63, 3.8) is 0 Å². The quantitative estimate of drug-likeness (QED) is 0.781. The first-order valence-electron chi connectivity index (χ1n) is 9.95. The summed E-state index contributed by atoms with van der Waals surface area (Å²) in [5.41, 5.74) is 2.39. The van der Waals surface area contributed by atoms with E-state index in [0.717, 1.165) is 69.7 Å². The molecule has 0 unspecified atom stereocenters. The fourth-order valence-corrected chi connectivity index (χ4v) is 3.95. The maximum absolute atomic E-state index is 5.49. The SMILES string of the molecule is COc1ccccc1CN1CCN(Cc2ccnc(N3CCCC3)n2)CC1. The first-order chi connectivity index (χ1) is 13.3. The molecule has 0 aliphatic carbocycles. The number of hydrogen-bond donors (Lipinski definition) is 0. The molecule has 6 heteroatoms. The molecule has 4 rings (SSSR count). The van der Waals surface area contributed by atoms with Crippen LogP contribution in [0.2, 0.25) is 0 Å². The number of methoxy groups -OCH3 is 1. The maximum Gasteiger partial charge on any atom is 0.225 e. The number of hydrogen-bond acceptors (Lipinski definition) is 6. The van der Waals surface area contributed by atoms with E-state index in [1.54, 1.807) is 7.11 Å². The van der Waals surface area contributed by atoms with Crippen LogP contribution in [0.1, 0.15) is 24.1 Å². The molecule has 0 atom stereocenters. The normalized spacial score (nSPS) is 18.8. The van der Waals surface area contributed by atoms with Gasteiger partial charge in [-0.05, 0) is 25.0 Å². The smallest absolute Gasteiger partial charge is 0.225 e. The van der Waals surface area contributed by atoms with E-state index in [2.05, 4.69) is 37.9 Å². The van der Waals surface area contributed by atoms with Gasteiger partial charge < -0.3 is 9.64 Å². The highest BCUT2D eigenvalue weighted by Crippen LogP contribution is 2.20. The second kappa shape index (κ2) is 8.67. The molecule has 1 aromatic heterocycles. The highest BCUT2D eigenvalue weighted by molar-refractivity contribution is 5.33. The third kappa shape index (κ3) is 4.57. The van der Waals surface area contributed by atoms with Gasteiger partial charge in [0.25, 0.3) is 0 Å². The van der Waals surface area contributed by atoms with Gasteiger partial charge in [-0.1, -0.05) is 18.2 Å². The number of anilines is 1. The third-order valence-corrected chi connectivity index (χ3v) is 5.53. The van der Waals surface area contributed by atoms with Gasteiger partial charge in [-0.15, -0.1) is 0 Å². The van der Waals surface area contributed by atoms with Crippen molar-refractivity contribution >= 4 is 5.95 Å². The standard InChI is InChI=1S/C21H29N5O/c1-27-20-7-3-2-6-18(20)16-24-12-14-25(15-13-24)17-19-8-9-22-21(23-19)26-10-4-5-11-26/h2-3,6-9H,4-5,10-17H2,1H3. The summed E-state index contributed by atoms with van der Waals surface area (Å²) >= 11 is 0. The van der Waals surface area contributed by atoms with Crippen LogP contribution in [0.25, 0.3) is 0 Å². The van der Waals surface area contributed by atoms with Crippen molar-refractivity contribution in [1.82, 2.24) is 19.8 Å². The zero-order valence-electron chi connectivity index (χ0n) is 16.2. The van der Waals surface area contributed by atoms with E-state index in [-0.39, 0.29) is 0 Å². The molecule has 0 amide bonds. The summed E-state index contributed by atoms with van der Waals surface area (Å²) < 4.78 is 5.49. The van der Waals surface area contributed by atoms with Crippen molar-refractivity contribution in [2.45, 2.75) is 25.9 Å². The van der Waals surface area contributed by atoms with E-state index in [1.165, 1.54) is 18.4 Å². The predicted molar refractivity (Wildman–Crippen MR) is 107 cm³/mol. The molecule has 144 valence electrons. The van der Waals surface area contributed by atoms with Crippen LogP contribution in [0.4, 0.5) is 5.95 Å². The molecule has 1 aromatic carbocycles. The summed E-state index contributed by atoms with van der Waals surface area (Å²) in [5.74, 6) is 1.88. The van der Waals surface area contributed by atoms with Gasteiger partial charge in [-0.25, -0.2) is 9.97 Å². The Balaban J connectivity index is 1.30. The molecular formula is C21H29N5O. The van der Waals surface area contributed by atoms with Crippen molar-refractivity contribution in [2.24, 2.45) is 0 Å². The van der Waals surface area contributed by atoms with E-state index < -0.39 is 0 Å². The Morgan fingerprint density at radius 2 is 1.59 bits per heavy atom. The molecule has 27 heavy (non-hydrogen) atoms. The van der Waals surface area contributed by atoms with Crippen molar-refractivity contribution in [2.75, 3.05) is 51.3 Å². The molecule has 0 N–H and O–H groups in total. The minimum atomic E-state index is 0.903. The Labute approximate surface area is 161 Å². The second-order valence-electron chi connectivity index (χ2n) is 7.41. The van der Waals surface area contributed by atoms with Crippen LogP contribution in [0, 0.1) is 0 Å². The Kier molecular flexibility index (Phi) is 5.84. The van der Waals surface area contributed by atoms with Crippen LogP contribution in [0.15, 0.2) is 36.5 Å². The number of piperazine rings is 1. The van der Waals surface area contributed by atoms with Crippen molar-refractivity contribution in [3.05, 3.63) is 47.8 Å². The van der Waals surface area contributed by atoms with Crippen molar-refractivity contribution in [1.29, 1.82) is 0 Å². The van der Waals surface area contributed by atoms with E-state index in [0.29, 0.717) is 0 Å². The van der Waals surface area contributed by atoms with Crippen molar-refractivity contribution in [3.8, 4) is 5.75 Å². The van der Waals surface area contributed by atoms with E-state index >= 15 is 0 Å². The molecule has 2 aliphatic heterocycles. The molecule has 0 bridgehead atoms. The summed E-state index contributed by atoms with van der Waals surface area (Å²) in [5, 5.41) is 0. The molecule has 2 saturated heterocycles. The van der Waals surface area contributed by atoms with Crippen LogP contribution in [-0.2, 0) is 13.1 Å². The first kappa shape index (κ1) is 18.2. The lowest BCUT2D eigenvalue weighted by Gasteiger charge is -2.34. The zero-order valence-corrected chi connectivity index (χ0v) is 16.2. The van der Waals surface area contributed by atoms with Gasteiger partial charge in [-0.2, -0.15) is 0 Å². The van der Waals surface area contributed by atoms with Gasteiger partial charge in [0.1, 0.15) is 5.75 Å². The Hall–Kier alpha value is -2.18. The van der Waals surface area contributed by atoms with Gasteiger partial charge in [0.05, 0.1) is 12.8 Å². The van der Waals surface area contributed by atoms with Crippen LogP contribution in [-0.4, -0.2) is 66.1 Å². The number of rotatable bonds is 6. The van der Waals surface area contributed by atoms with Gasteiger partial charge in [0, 0.05) is 64.1 Å². The van der Waals surface area contributed by atoms with Crippen LogP contribution in [0.5, 0.6) is 5.75 Å². The highest BCUT2D eigenvalue weighted by atomic mass is 16.5. The number of ether oxygens (including phenoxy) is 1. The van der Waals surface area contributed by atoms with E-state index in [9.17, 15) is 0 Å². The topological polar surface area (TPSA) is 44.7 Å². The zero-order chi connectivity index (χ0) is 18.5. The molecular weight excluding hydrogens is 338 g/mol. The molecule has 0 spiro atoms. The Morgan fingerprint density at radius 3 is 2.33 bits per heavy atom. The summed E-state index contributed by atoms with van der Waals surface area (Å²) in [6.45, 7) is 8.31. The van der Waals surface area contributed by atoms with Gasteiger partial charge in [0.15, 0.2) is 0 Å². The second-order valence-corrected chi connectivity index (χ2v) is 7.41.